The standard InChI is InChI=1S/C17H16N2O.ClH/c18-15-13-8-2-1-7-12(13)14-9-3-5-11-6-4-10-19(16(11)14)17(15)20;/h1-3,5,7-9,15H,4,6,10,18H2;1H. The highest BCUT2D eigenvalue weighted by Gasteiger charge is 2.34. The molecule has 1 atom stereocenters. The Balaban J connectivity index is 0.00000132. The maximum Gasteiger partial charge on any atom is 0.248 e. The van der Waals surface area contributed by atoms with Crippen LogP contribution in [-0.4, -0.2) is 12.5 Å². The number of hydrogen-bond acceptors (Lipinski definition) is 2. The van der Waals surface area contributed by atoms with Crippen LogP contribution in [0.3, 0.4) is 0 Å². The van der Waals surface area contributed by atoms with Gasteiger partial charge in [-0.3, -0.25) is 4.79 Å². The quantitative estimate of drug-likeness (QED) is 0.813. The summed E-state index contributed by atoms with van der Waals surface area (Å²) < 4.78 is 0. The average Bonchev–Trinajstić information content (AvgIpc) is 2.60. The molecule has 0 aromatic heterocycles. The van der Waals surface area contributed by atoms with Crippen LogP contribution in [0, 0.1) is 0 Å². The van der Waals surface area contributed by atoms with Gasteiger partial charge in [0.1, 0.15) is 6.04 Å². The molecule has 2 aromatic rings. The molecule has 0 bridgehead atoms. The Morgan fingerprint density at radius 2 is 1.81 bits per heavy atom. The van der Waals surface area contributed by atoms with Gasteiger partial charge in [-0.05, 0) is 29.5 Å². The van der Waals surface area contributed by atoms with Gasteiger partial charge in [-0.1, -0.05) is 42.5 Å². The molecular formula is C17H17ClN2O. The van der Waals surface area contributed by atoms with Gasteiger partial charge in [-0.2, -0.15) is 0 Å². The van der Waals surface area contributed by atoms with Crippen LogP contribution in [-0.2, 0) is 11.2 Å². The van der Waals surface area contributed by atoms with E-state index in [1.54, 1.807) is 0 Å². The zero-order valence-corrected chi connectivity index (χ0v) is 12.4. The van der Waals surface area contributed by atoms with E-state index < -0.39 is 6.04 Å². The van der Waals surface area contributed by atoms with Gasteiger partial charge in [0.2, 0.25) is 5.91 Å². The van der Waals surface area contributed by atoms with Crippen LogP contribution in [0.5, 0.6) is 0 Å². The normalized spacial score (nSPS) is 19.2. The second kappa shape index (κ2) is 5.17. The van der Waals surface area contributed by atoms with Crippen molar-refractivity contribution in [3.63, 3.8) is 0 Å². The summed E-state index contributed by atoms with van der Waals surface area (Å²) in [6, 6.07) is 13.7. The smallest absolute Gasteiger partial charge is 0.248 e. The third kappa shape index (κ3) is 1.96. The number of halogens is 1. The molecule has 0 fully saturated rings. The second-order valence-corrected chi connectivity index (χ2v) is 5.47. The molecule has 21 heavy (non-hydrogen) atoms. The first-order valence-corrected chi connectivity index (χ1v) is 7.05. The summed E-state index contributed by atoms with van der Waals surface area (Å²) in [6.07, 6.45) is 2.04. The monoisotopic (exact) mass is 300 g/mol. The molecule has 0 saturated heterocycles. The molecule has 2 N–H and O–H groups in total. The largest absolute Gasteiger partial charge is 0.316 e. The van der Waals surface area contributed by atoms with E-state index in [4.69, 9.17) is 5.73 Å². The second-order valence-electron chi connectivity index (χ2n) is 5.47. The van der Waals surface area contributed by atoms with Crippen LogP contribution in [0.4, 0.5) is 5.69 Å². The van der Waals surface area contributed by atoms with E-state index in [-0.39, 0.29) is 18.3 Å². The third-order valence-electron chi connectivity index (χ3n) is 4.34. The number of para-hydroxylation sites is 1. The predicted molar refractivity (Wildman–Crippen MR) is 86.7 cm³/mol. The number of nitrogens with zero attached hydrogens (tertiary/aromatic N) is 1. The molecule has 0 saturated carbocycles. The van der Waals surface area contributed by atoms with Crippen molar-refractivity contribution in [2.75, 3.05) is 11.4 Å². The molecule has 0 spiro atoms. The maximum atomic E-state index is 12.7. The molecule has 1 amide bonds. The molecule has 2 heterocycles. The number of anilines is 1. The maximum absolute atomic E-state index is 12.7. The Labute approximate surface area is 130 Å². The Kier molecular flexibility index (Phi) is 3.47. The van der Waals surface area contributed by atoms with Crippen LogP contribution in [0.2, 0.25) is 0 Å². The van der Waals surface area contributed by atoms with Crippen LogP contribution >= 0.6 is 12.4 Å². The van der Waals surface area contributed by atoms with Gasteiger partial charge in [-0.25, -0.2) is 0 Å². The van der Waals surface area contributed by atoms with E-state index in [0.717, 1.165) is 41.8 Å². The number of benzene rings is 2. The van der Waals surface area contributed by atoms with E-state index in [0.29, 0.717) is 0 Å². The number of aryl methyl sites for hydroxylation is 1. The van der Waals surface area contributed by atoms with E-state index in [9.17, 15) is 4.79 Å². The molecule has 3 nitrogen and oxygen atoms in total. The summed E-state index contributed by atoms with van der Waals surface area (Å²) >= 11 is 0. The zero-order chi connectivity index (χ0) is 13.7. The Morgan fingerprint density at radius 3 is 2.67 bits per heavy atom. The molecule has 108 valence electrons. The van der Waals surface area contributed by atoms with Gasteiger partial charge >= 0.3 is 0 Å². The summed E-state index contributed by atoms with van der Waals surface area (Å²) in [5, 5.41) is 0. The number of fused-ring (bicyclic) bond motifs is 2. The molecule has 2 aromatic carbocycles. The summed E-state index contributed by atoms with van der Waals surface area (Å²) in [4.78, 5) is 14.6. The van der Waals surface area contributed by atoms with Gasteiger partial charge in [0.25, 0.3) is 0 Å². The fourth-order valence-corrected chi connectivity index (χ4v) is 3.40. The first-order valence-electron chi connectivity index (χ1n) is 7.05. The number of carbonyl (C=O) groups is 1. The molecule has 1 unspecified atom stereocenters. The Bertz CT molecular complexity index is 714. The fraction of sp³-hybridized carbons (Fsp3) is 0.235. The molecule has 0 radical (unpaired) electrons. The van der Waals surface area contributed by atoms with Crippen LogP contribution < -0.4 is 10.6 Å². The summed E-state index contributed by atoms with van der Waals surface area (Å²) in [6.45, 7) is 0.768. The Hall–Kier alpha value is -1.84. The van der Waals surface area contributed by atoms with Crippen molar-refractivity contribution in [3.05, 3.63) is 53.6 Å². The summed E-state index contributed by atoms with van der Waals surface area (Å²) in [5.74, 6) is 0.0170. The number of amides is 1. The van der Waals surface area contributed by atoms with E-state index in [2.05, 4.69) is 24.3 Å². The van der Waals surface area contributed by atoms with Crippen molar-refractivity contribution in [2.24, 2.45) is 5.73 Å². The van der Waals surface area contributed by atoms with Crippen molar-refractivity contribution in [2.45, 2.75) is 18.9 Å². The van der Waals surface area contributed by atoms with Crippen molar-refractivity contribution >= 4 is 24.0 Å². The van der Waals surface area contributed by atoms with Crippen LogP contribution in [0.25, 0.3) is 11.1 Å². The van der Waals surface area contributed by atoms with Crippen molar-refractivity contribution in [1.82, 2.24) is 0 Å². The number of carbonyl (C=O) groups excluding carboxylic acids is 1. The number of hydrogen-bond donors (Lipinski definition) is 1. The van der Waals surface area contributed by atoms with Gasteiger partial charge < -0.3 is 10.6 Å². The molecular weight excluding hydrogens is 284 g/mol. The fourth-order valence-electron chi connectivity index (χ4n) is 3.40. The highest BCUT2D eigenvalue weighted by molar-refractivity contribution is 6.06. The minimum absolute atomic E-state index is 0. The SMILES string of the molecule is Cl.NC1C(=O)N2CCCc3cccc(c32)-c2ccccc21. The lowest BCUT2D eigenvalue weighted by Gasteiger charge is -2.31. The molecule has 4 rings (SSSR count). The van der Waals surface area contributed by atoms with Gasteiger partial charge in [0.05, 0.1) is 5.69 Å². The lowest BCUT2D eigenvalue weighted by Crippen LogP contribution is -2.40. The first-order chi connectivity index (χ1) is 9.77. The van der Waals surface area contributed by atoms with E-state index >= 15 is 0 Å². The average molecular weight is 301 g/mol. The number of rotatable bonds is 0. The minimum Gasteiger partial charge on any atom is -0.316 e. The summed E-state index contributed by atoms with van der Waals surface area (Å²) in [5.41, 5.74) is 11.7. The zero-order valence-electron chi connectivity index (χ0n) is 11.6. The van der Waals surface area contributed by atoms with Gasteiger partial charge in [0, 0.05) is 12.1 Å². The lowest BCUT2D eigenvalue weighted by atomic mass is 9.92. The van der Waals surface area contributed by atoms with Crippen LogP contribution in [0.15, 0.2) is 42.5 Å². The van der Waals surface area contributed by atoms with E-state index in [1.165, 1.54) is 5.56 Å². The predicted octanol–water partition coefficient (Wildman–Crippen LogP) is 3.07. The Morgan fingerprint density at radius 1 is 1.05 bits per heavy atom. The molecule has 4 heteroatoms. The third-order valence-corrected chi connectivity index (χ3v) is 4.34. The molecule has 0 aliphatic carbocycles. The first kappa shape index (κ1) is 14.1. The lowest BCUT2D eigenvalue weighted by molar-refractivity contribution is -0.120. The highest BCUT2D eigenvalue weighted by Crippen LogP contribution is 2.43. The van der Waals surface area contributed by atoms with Gasteiger partial charge in [-0.15, -0.1) is 12.4 Å². The van der Waals surface area contributed by atoms with Crippen molar-refractivity contribution in [3.8, 4) is 11.1 Å². The van der Waals surface area contributed by atoms with Crippen molar-refractivity contribution in [1.29, 1.82) is 0 Å². The topological polar surface area (TPSA) is 46.3 Å². The number of nitrogens with two attached hydrogens (primary N) is 1. The molecule has 2 aliphatic rings. The van der Waals surface area contributed by atoms with Gasteiger partial charge in [0.15, 0.2) is 0 Å². The van der Waals surface area contributed by atoms with Crippen LogP contribution in [0.1, 0.15) is 23.6 Å². The molecule has 2 aliphatic heterocycles. The van der Waals surface area contributed by atoms with Crippen molar-refractivity contribution < 1.29 is 4.79 Å². The highest BCUT2D eigenvalue weighted by atomic mass is 35.5. The summed E-state index contributed by atoms with van der Waals surface area (Å²) in [7, 11) is 0. The van der Waals surface area contributed by atoms with E-state index in [1.807, 2.05) is 23.1 Å². The minimum atomic E-state index is -0.565.